The molecule has 0 radical (unpaired) electrons. The highest BCUT2D eigenvalue weighted by Crippen LogP contribution is 2.30. The molecule has 2 heterocycles. The highest BCUT2D eigenvalue weighted by atomic mass is 16.6. The highest BCUT2D eigenvalue weighted by molar-refractivity contribution is 5.97. The first-order valence-corrected chi connectivity index (χ1v) is 9.50. The number of hydrogen-bond acceptors (Lipinski definition) is 5. The Hall–Kier alpha value is -3.02. The Balaban J connectivity index is 1.43. The van der Waals surface area contributed by atoms with E-state index in [0.717, 1.165) is 30.1 Å². The zero-order chi connectivity index (χ0) is 19.7. The second-order valence-corrected chi connectivity index (χ2v) is 7.43. The van der Waals surface area contributed by atoms with Gasteiger partial charge in [0.05, 0.1) is 12.7 Å². The third-order valence-electron chi connectivity index (χ3n) is 5.54. The quantitative estimate of drug-likeness (QED) is 0.766. The molecular formula is C22H24N2O4. The third kappa shape index (κ3) is 3.30. The lowest BCUT2D eigenvalue weighted by molar-refractivity contribution is -0.151. The van der Waals surface area contributed by atoms with Gasteiger partial charge in [0.2, 0.25) is 0 Å². The van der Waals surface area contributed by atoms with Gasteiger partial charge in [-0.05, 0) is 42.8 Å². The van der Waals surface area contributed by atoms with Crippen LogP contribution in [0, 0.1) is 0 Å². The van der Waals surface area contributed by atoms with Crippen LogP contribution in [0.1, 0.15) is 22.8 Å². The number of cyclic esters (lactones) is 1. The number of esters is 1. The standard InChI is InChI=1S/C22H24N2O4/c1-22(15-16-5-3-4-6-19(16)20(25)28-22)21(26)24-13-11-23(12-14-24)17-7-9-18(27-2)10-8-17/h3-10H,11-15H2,1-2H3/t22-/m1/s1. The molecule has 0 unspecified atom stereocenters. The van der Waals surface area contributed by atoms with E-state index in [1.807, 2.05) is 42.5 Å². The molecule has 0 aliphatic carbocycles. The van der Waals surface area contributed by atoms with Crippen molar-refractivity contribution in [3.05, 3.63) is 59.7 Å². The molecule has 4 rings (SSSR count). The van der Waals surface area contributed by atoms with Crippen molar-refractivity contribution in [2.24, 2.45) is 0 Å². The maximum absolute atomic E-state index is 13.2. The molecule has 1 amide bonds. The Morgan fingerprint density at radius 1 is 1.04 bits per heavy atom. The lowest BCUT2D eigenvalue weighted by atomic mass is 9.88. The number of ether oxygens (including phenoxy) is 2. The minimum absolute atomic E-state index is 0.121. The molecule has 6 heteroatoms. The summed E-state index contributed by atoms with van der Waals surface area (Å²) in [4.78, 5) is 29.6. The summed E-state index contributed by atoms with van der Waals surface area (Å²) in [6, 6.07) is 15.3. The molecule has 0 saturated carbocycles. The number of nitrogens with zero attached hydrogens (tertiary/aromatic N) is 2. The lowest BCUT2D eigenvalue weighted by Crippen LogP contribution is -2.58. The van der Waals surface area contributed by atoms with Crippen LogP contribution in [0.5, 0.6) is 5.75 Å². The smallest absolute Gasteiger partial charge is 0.339 e. The monoisotopic (exact) mass is 380 g/mol. The topological polar surface area (TPSA) is 59.1 Å². The minimum atomic E-state index is -1.15. The normalized spacial score (nSPS) is 21.7. The number of rotatable bonds is 3. The van der Waals surface area contributed by atoms with Gasteiger partial charge in [-0.25, -0.2) is 4.79 Å². The summed E-state index contributed by atoms with van der Waals surface area (Å²) < 4.78 is 10.8. The van der Waals surface area contributed by atoms with Crippen LogP contribution in [0.2, 0.25) is 0 Å². The van der Waals surface area contributed by atoms with Crippen LogP contribution in [-0.2, 0) is 16.0 Å². The fraction of sp³-hybridized carbons (Fsp3) is 0.364. The third-order valence-corrected chi connectivity index (χ3v) is 5.54. The van der Waals surface area contributed by atoms with E-state index in [1.165, 1.54) is 0 Å². The van der Waals surface area contributed by atoms with Gasteiger partial charge in [-0.3, -0.25) is 4.79 Å². The molecule has 28 heavy (non-hydrogen) atoms. The summed E-state index contributed by atoms with van der Waals surface area (Å²) in [5, 5.41) is 0. The first kappa shape index (κ1) is 18.3. The molecular weight excluding hydrogens is 356 g/mol. The molecule has 2 aliphatic heterocycles. The Labute approximate surface area is 164 Å². The van der Waals surface area contributed by atoms with E-state index < -0.39 is 11.6 Å². The fourth-order valence-corrected chi connectivity index (χ4v) is 3.95. The van der Waals surface area contributed by atoms with Crippen LogP contribution in [0.4, 0.5) is 5.69 Å². The van der Waals surface area contributed by atoms with Crippen molar-refractivity contribution in [2.75, 3.05) is 38.2 Å². The summed E-state index contributed by atoms with van der Waals surface area (Å²) in [5.41, 5.74) is 1.38. The van der Waals surface area contributed by atoms with E-state index in [1.54, 1.807) is 25.0 Å². The number of methoxy groups -OCH3 is 1. The molecule has 1 saturated heterocycles. The van der Waals surface area contributed by atoms with Gasteiger partial charge >= 0.3 is 5.97 Å². The molecule has 0 spiro atoms. The molecule has 0 aromatic heterocycles. The second-order valence-electron chi connectivity index (χ2n) is 7.43. The zero-order valence-corrected chi connectivity index (χ0v) is 16.2. The van der Waals surface area contributed by atoms with E-state index in [-0.39, 0.29) is 5.91 Å². The van der Waals surface area contributed by atoms with Crippen molar-refractivity contribution >= 4 is 17.6 Å². The number of amides is 1. The molecule has 0 bridgehead atoms. The van der Waals surface area contributed by atoms with Gasteiger partial charge in [-0.2, -0.15) is 0 Å². The molecule has 146 valence electrons. The van der Waals surface area contributed by atoms with Gasteiger partial charge in [-0.1, -0.05) is 18.2 Å². The van der Waals surface area contributed by atoms with Gasteiger partial charge < -0.3 is 19.3 Å². The number of carbonyl (C=O) groups is 2. The van der Waals surface area contributed by atoms with Gasteiger partial charge in [-0.15, -0.1) is 0 Å². The van der Waals surface area contributed by atoms with Gasteiger partial charge in [0.1, 0.15) is 5.75 Å². The summed E-state index contributed by atoms with van der Waals surface area (Å²) in [6.07, 6.45) is 0.409. The molecule has 1 fully saturated rings. The predicted molar refractivity (Wildman–Crippen MR) is 106 cm³/mol. The SMILES string of the molecule is COc1ccc(N2CCN(C(=O)[C@@]3(C)Cc4ccccc4C(=O)O3)CC2)cc1. The number of benzene rings is 2. The van der Waals surface area contributed by atoms with Crippen molar-refractivity contribution in [3.63, 3.8) is 0 Å². The summed E-state index contributed by atoms with van der Waals surface area (Å²) >= 11 is 0. The number of anilines is 1. The van der Waals surface area contributed by atoms with Crippen LogP contribution < -0.4 is 9.64 Å². The average molecular weight is 380 g/mol. The first-order valence-electron chi connectivity index (χ1n) is 9.50. The fourth-order valence-electron chi connectivity index (χ4n) is 3.95. The van der Waals surface area contributed by atoms with Gasteiger partial charge in [0, 0.05) is 38.3 Å². The molecule has 2 aliphatic rings. The second kappa shape index (κ2) is 7.19. The summed E-state index contributed by atoms with van der Waals surface area (Å²) in [5.74, 6) is 0.282. The highest BCUT2D eigenvalue weighted by Gasteiger charge is 2.45. The van der Waals surface area contributed by atoms with Crippen molar-refractivity contribution < 1.29 is 19.1 Å². The zero-order valence-electron chi connectivity index (χ0n) is 16.2. The summed E-state index contributed by atoms with van der Waals surface area (Å²) in [7, 11) is 1.65. The number of hydrogen-bond donors (Lipinski definition) is 0. The van der Waals surface area contributed by atoms with Crippen molar-refractivity contribution in [3.8, 4) is 5.75 Å². The number of piperazine rings is 1. The van der Waals surface area contributed by atoms with Gasteiger partial charge in [0.25, 0.3) is 5.91 Å². The van der Waals surface area contributed by atoms with Crippen molar-refractivity contribution in [1.82, 2.24) is 4.90 Å². The molecule has 2 aromatic carbocycles. The maximum atomic E-state index is 13.2. The van der Waals surface area contributed by atoms with Crippen LogP contribution in [0.15, 0.2) is 48.5 Å². The van der Waals surface area contributed by atoms with Crippen molar-refractivity contribution in [1.29, 1.82) is 0 Å². The van der Waals surface area contributed by atoms with E-state index >= 15 is 0 Å². The predicted octanol–water partition coefficient (Wildman–Crippen LogP) is 2.52. The molecule has 2 aromatic rings. The van der Waals surface area contributed by atoms with E-state index in [4.69, 9.17) is 9.47 Å². The van der Waals surface area contributed by atoms with E-state index in [0.29, 0.717) is 25.1 Å². The Morgan fingerprint density at radius 3 is 2.39 bits per heavy atom. The first-order chi connectivity index (χ1) is 13.5. The minimum Gasteiger partial charge on any atom is -0.497 e. The number of carbonyl (C=O) groups excluding carboxylic acids is 2. The lowest BCUT2D eigenvalue weighted by Gasteiger charge is -2.41. The largest absolute Gasteiger partial charge is 0.497 e. The molecule has 1 atom stereocenters. The van der Waals surface area contributed by atoms with Gasteiger partial charge in [0.15, 0.2) is 5.60 Å². The van der Waals surface area contributed by atoms with Crippen LogP contribution >= 0.6 is 0 Å². The van der Waals surface area contributed by atoms with E-state index in [9.17, 15) is 9.59 Å². The molecule has 6 nitrogen and oxygen atoms in total. The van der Waals surface area contributed by atoms with Crippen LogP contribution in [0.3, 0.4) is 0 Å². The Kier molecular flexibility index (Phi) is 4.71. The maximum Gasteiger partial charge on any atom is 0.339 e. The Bertz CT molecular complexity index is 888. The van der Waals surface area contributed by atoms with E-state index in [2.05, 4.69) is 4.90 Å². The molecule has 0 N–H and O–H groups in total. The van der Waals surface area contributed by atoms with Crippen LogP contribution in [0.25, 0.3) is 0 Å². The average Bonchev–Trinajstić information content (AvgIpc) is 2.73. The van der Waals surface area contributed by atoms with Crippen LogP contribution in [-0.4, -0.2) is 55.7 Å². The Morgan fingerprint density at radius 2 is 1.71 bits per heavy atom. The summed E-state index contributed by atoms with van der Waals surface area (Å²) in [6.45, 7) is 4.38. The van der Waals surface area contributed by atoms with Crippen molar-refractivity contribution in [2.45, 2.75) is 18.9 Å². The number of fused-ring (bicyclic) bond motifs is 1.